The number of nitrogens with zero attached hydrogens (tertiary/aromatic N) is 2. The summed E-state index contributed by atoms with van der Waals surface area (Å²) in [6.45, 7) is 0.395. The fourth-order valence-corrected chi connectivity index (χ4v) is 1.54. The second-order valence-electron chi connectivity index (χ2n) is 3.99. The Balaban J connectivity index is 1.91. The van der Waals surface area contributed by atoms with E-state index in [1.54, 1.807) is 18.3 Å². The Bertz CT molecular complexity index is 665. The van der Waals surface area contributed by atoms with Crippen LogP contribution < -0.4 is 0 Å². The number of nitro groups is 1. The van der Waals surface area contributed by atoms with Gasteiger partial charge in [-0.05, 0) is 29.8 Å². The van der Waals surface area contributed by atoms with Gasteiger partial charge in [-0.1, -0.05) is 30.0 Å². The summed E-state index contributed by atoms with van der Waals surface area (Å²) in [5, 5.41) is 10.5. The largest absolute Gasteiger partial charge is 0.280 e. The van der Waals surface area contributed by atoms with Crippen LogP contribution >= 0.6 is 0 Å². The van der Waals surface area contributed by atoms with Crippen molar-refractivity contribution < 1.29 is 4.92 Å². The van der Waals surface area contributed by atoms with Crippen molar-refractivity contribution in [2.75, 3.05) is 6.54 Å². The normalized spacial score (nSPS) is 10.0. The molecule has 4 heteroatoms. The minimum atomic E-state index is -0.424. The van der Waals surface area contributed by atoms with Crippen molar-refractivity contribution >= 4 is 11.9 Å². The summed E-state index contributed by atoms with van der Waals surface area (Å²) >= 11 is 0. The first kappa shape index (κ1) is 13.5. The Morgan fingerprint density at radius 1 is 1.10 bits per heavy atom. The number of hydrogen-bond donors (Lipinski definition) is 0. The second kappa shape index (κ2) is 6.86. The number of hydrogen-bond acceptors (Lipinski definition) is 3. The molecule has 0 bridgehead atoms. The third kappa shape index (κ3) is 4.07. The van der Waals surface area contributed by atoms with Gasteiger partial charge in [0.2, 0.25) is 0 Å². The summed E-state index contributed by atoms with van der Waals surface area (Å²) in [7, 11) is 0. The Morgan fingerprint density at radius 3 is 2.45 bits per heavy atom. The molecule has 2 rings (SSSR count). The lowest BCUT2D eigenvalue weighted by Crippen LogP contribution is -1.88. The van der Waals surface area contributed by atoms with E-state index in [1.807, 2.05) is 30.3 Å². The Hall–Kier alpha value is -2.93. The fourth-order valence-electron chi connectivity index (χ4n) is 1.54. The molecular weight excluding hydrogens is 252 g/mol. The van der Waals surface area contributed by atoms with Gasteiger partial charge in [0.1, 0.15) is 6.54 Å². The van der Waals surface area contributed by atoms with Crippen molar-refractivity contribution in [1.82, 2.24) is 0 Å². The topological polar surface area (TPSA) is 55.5 Å². The molecule has 4 nitrogen and oxygen atoms in total. The lowest BCUT2D eigenvalue weighted by Gasteiger charge is -1.92. The summed E-state index contributed by atoms with van der Waals surface area (Å²) in [6, 6.07) is 15.9. The molecule has 0 spiro atoms. The Morgan fingerprint density at radius 2 is 1.80 bits per heavy atom. The molecular formula is C16H12N2O2. The first-order valence-corrected chi connectivity index (χ1v) is 6.04. The van der Waals surface area contributed by atoms with E-state index in [2.05, 4.69) is 16.8 Å². The zero-order chi connectivity index (χ0) is 14.2. The van der Waals surface area contributed by atoms with E-state index in [0.717, 1.165) is 11.1 Å². The first-order valence-electron chi connectivity index (χ1n) is 6.04. The zero-order valence-corrected chi connectivity index (χ0v) is 10.7. The highest BCUT2D eigenvalue weighted by Crippen LogP contribution is 2.10. The van der Waals surface area contributed by atoms with Gasteiger partial charge in [-0.15, -0.1) is 0 Å². The lowest BCUT2D eigenvalue weighted by atomic mass is 10.2. The van der Waals surface area contributed by atoms with Crippen LogP contribution in [0.15, 0.2) is 59.6 Å². The highest BCUT2D eigenvalue weighted by atomic mass is 16.6. The van der Waals surface area contributed by atoms with Crippen LogP contribution in [0.1, 0.15) is 11.1 Å². The first-order chi connectivity index (χ1) is 9.75. The van der Waals surface area contributed by atoms with E-state index in [9.17, 15) is 10.1 Å². The number of aliphatic imine (C=N–C) groups is 1. The SMILES string of the molecule is O=[N+]([O-])c1ccc(C=NCC#Cc2ccccc2)cc1. The van der Waals surface area contributed by atoms with Gasteiger partial charge in [0.25, 0.3) is 5.69 Å². The zero-order valence-electron chi connectivity index (χ0n) is 10.7. The Labute approximate surface area is 116 Å². The van der Waals surface area contributed by atoms with Gasteiger partial charge in [-0.2, -0.15) is 0 Å². The highest BCUT2D eigenvalue weighted by Gasteiger charge is 2.01. The van der Waals surface area contributed by atoms with Crippen LogP contribution in [-0.2, 0) is 0 Å². The van der Waals surface area contributed by atoms with E-state index in [1.165, 1.54) is 12.1 Å². The van der Waals surface area contributed by atoms with Gasteiger partial charge in [-0.3, -0.25) is 15.1 Å². The van der Waals surface area contributed by atoms with E-state index >= 15 is 0 Å². The van der Waals surface area contributed by atoms with Gasteiger partial charge < -0.3 is 0 Å². The molecule has 0 aliphatic rings. The number of benzene rings is 2. The minimum Gasteiger partial charge on any atom is -0.280 e. The molecule has 0 atom stereocenters. The molecule has 0 aromatic heterocycles. The third-order valence-corrected chi connectivity index (χ3v) is 2.52. The predicted molar refractivity (Wildman–Crippen MR) is 78.9 cm³/mol. The van der Waals surface area contributed by atoms with E-state index in [-0.39, 0.29) is 5.69 Å². The molecule has 0 unspecified atom stereocenters. The van der Waals surface area contributed by atoms with Gasteiger partial charge in [0, 0.05) is 23.9 Å². The molecule has 2 aromatic carbocycles. The third-order valence-electron chi connectivity index (χ3n) is 2.52. The molecule has 0 fully saturated rings. The van der Waals surface area contributed by atoms with Gasteiger partial charge in [0.05, 0.1) is 4.92 Å². The van der Waals surface area contributed by atoms with Crippen LogP contribution in [0.5, 0.6) is 0 Å². The summed E-state index contributed by atoms with van der Waals surface area (Å²) in [5.41, 5.74) is 1.85. The summed E-state index contributed by atoms with van der Waals surface area (Å²) in [4.78, 5) is 14.2. The van der Waals surface area contributed by atoms with Crippen molar-refractivity contribution in [3.63, 3.8) is 0 Å². The lowest BCUT2D eigenvalue weighted by molar-refractivity contribution is -0.384. The monoisotopic (exact) mass is 264 g/mol. The van der Waals surface area contributed by atoms with Crippen LogP contribution in [0.2, 0.25) is 0 Å². The Kier molecular flexibility index (Phi) is 4.63. The standard InChI is InChI=1S/C16H12N2O2/c19-18(20)16-10-8-15(9-11-16)13-17-12-4-7-14-5-2-1-3-6-14/h1-3,5-6,8-11,13H,12H2. The van der Waals surface area contributed by atoms with Crippen LogP contribution in [0.4, 0.5) is 5.69 Å². The maximum Gasteiger partial charge on any atom is 0.269 e. The van der Waals surface area contributed by atoms with E-state index in [4.69, 9.17) is 0 Å². The fraction of sp³-hybridized carbons (Fsp3) is 0.0625. The molecule has 20 heavy (non-hydrogen) atoms. The molecule has 0 radical (unpaired) electrons. The van der Waals surface area contributed by atoms with Crippen LogP contribution in [0.25, 0.3) is 0 Å². The average molecular weight is 264 g/mol. The molecule has 0 saturated carbocycles. The molecule has 0 heterocycles. The molecule has 0 N–H and O–H groups in total. The van der Waals surface area contributed by atoms with E-state index in [0.29, 0.717) is 6.54 Å². The van der Waals surface area contributed by atoms with Crippen molar-refractivity contribution in [3.8, 4) is 11.8 Å². The maximum absolute atomic E-state index is 10.5. The molecule has 0 amide bonds. The average Bonchev–Trinajstić information content (AvgIpc) is 2.48. The van der Waals surface area contributed by atoms with E-state index < -0.39 is 4.92 Å². The maximum atomic E-state index is 10.5. The summed E-state index contributed by atoms with van der Waals surface area (Å²) in [5.74, 6) is 5.95. The van der Waals surface area contributed by atoms with Gasteiger partial charge >= 0.3 is 0 Å². The van der Waals surface area contributed by atoms with Crippen LogP contribution in [0.3, 0.4) is 0 Å². The second-order valence-corrected chi connectivity index (χ2v) is 3.99. The van der Waals surface area contributed by atoms with Crippen molar-refractivity contribution in [3.05, 3.63) is 75.8 Å². The highest BCUT2D eigenvalue weighted by molar-refractivity contribution is 5.80. The number of rotatable bonds is 3. The van der Waals surface area contributed by atoms with Crippen LogP contribution in [-0.4, -0.2) is 17.7 Å². The number of nitro benzene ring substituents is 1. The summed E-state index contributed by atoms with van der Waals surface area (Å²) < 4.78 is 0. The van der Waals surface area contributed by atoms with Crippen molar-refractivity contribution in [2.24, 2.45) is 4.99 Å². The summed E-state index contributed by atoms with van der Waals surface area (Å²) in [6.07, 6.45) is 1.66. The molecule has 2 aromatic rings. The van der Waals surface area contributed by atoms with Crippen molar-refractivity contribution in [2.45, 2.75) is 0 Å². The number of non-ortho nitro benzene ring substituents is 1. The molecule has 0 saturated heterocycles. The predicted octanol–water partition coefficient (Wildman–Crippen LogP) is 3.07. The van der Waals surface area contributed by atoms with Crippen molar-refractivity contribution in [1.29, 1.82) is 0 Å². The van der Waals surface area contributed by atoms with Gasteiger partial charge in [-0.25, -0.2) is 0 Å². The van der Waals surface area contributed by atoms with Gasteiger partial charge in [0.15, 0.2) is 0 Å². The molecule has 98 valence electrons. The quantitative estimate of drug-likeness (QED) is 0.370. The minimum absolute atomic E-state index is 0.0750. The molecule has 0 aliphatic carbocycles. The van der Waals surface area contributed by atoms with Crippen LogP contribution in [0, 0.1) is 22.0 Å². The smallest absolute Gasteiger partial charge is 0.269 e. The molecule has 0 aliphatic heterocycles.